The monoisotopic (exact) mass is 618 g/mol. The Balaban J connectivity index is 1.24. The molecule has 0 saturated heterocycles. The van der Waals surface area contributed by atoms with Gasteiger partial charge in [-0.2, -0.15) is 0 Å². The van der Waals surface area contributed by atoms with E-state index in [9.17, 15) is 0 Å². The maximum Gasteiger partial charge on any atom is 0.137 e. The molecule has 0 fully saturated rings. The molecule has 0 saturated carbocycles. The summed E-state index contributed by atoms with van der Waals surface area (Å²) in [5, 5.41) is 2.20. The van der Waals surface area contributed by atoms with E-state index in [1.807, 2.05) is 12.1 Å². The van der Waals surface area contributed by atoms with E-state index in [4.69, 9.17) is 4.42 Å². The van der Waals surface area contributed by atoms with Crippen molar-refractivity contribution in [3.8, 4) is 11.1 Å². The highest BCUT2D eigenvalue weighted by atomic mass is 16.3. The fraction of sp³-hybridized carbons (Fsp3) is 0.0667. The molecular weight excluding hydrogens is 585 g/mol. The summed E-state index contributed by atoms with van der Waals surface area (Å²) in [5.41, 5.74) is 13.6. The van der Waals surface area contributed by atoms with E-state index in [1.165, 1.54) is 22.3 Å². The van der Waals surface area contributed by atoms with Gasteiger partial charge in [0.15, 0.2) is 0 Å². The highest BCUT2D eigenvalue weighted by molar-refractivity contribution is 6.13. The molecule has 230 valence electrons. The first-order valence-corrected chi connectivity index (χ1v) is 16.5. The first-order valence-electron chi connectivity index (χ1n) is 16.5. The first-order chi connectivity index (χ1) is 23.6. The summed E-state index contributed by atoms with van der Waals surface area (Å²) in [7, 11) is 0. The van der Waals surface area contributed by atoms with Crippen LogP contribution in [0.4, 0.5) is 34.1 Å². The number of benzene rings is 7. The van der Waals surface area contributed by atoms with Crippen LogP contribution in [-0.4, -0.2) is 0 Å². The molecule has 48 heavy (non-hydrogen) atoms. The van der Waals surface area contributed by atoms with Crippen LogP contribution in [0.25, 0.3) is 33.1 Å². The van der Waals surface area contributed by atoms with Crippen LogP contribution >= 0.6 is 0 Å². The molecule has 0 atom stereocenters. The zero-order valence-electron chi connectivity index (χ0n) is 27.0. The van der Waals surface area contributed by atoms with Gasteiger partial charge < -0.3 is 14.2 Å². The van der Waals surface area contributed by atoms with Crippen molar-refractivity contribution in [1.29, 1.82) is 0 Å². The van der Waals surface area contributed by atoms with Crippen molar-refractivity contribution < 1.29 is 4.42 Å². The van der Waals surface area contributed by atoms with Gasteiger partial charge in [-0.15, -0.1) is 0 Å². The van der Waals surface area contributed by atoms with E-state index >= 15 is 0 Å². The van der Waals surface area contributed by atoms with Crippen molar-refractivity contribution >= 4 is 56.1 Å². The second kappa shape index (κ2) is 11.0. The van der Waals surface area contributed by atoms with E-state index < -0.39 is 0 Å². The third kappa shape index (κ3) is 4.43. The van der Waals surface area contributed by atoms with E-state index in [2.05, 4.69) is 181 Å². The summed E-state index contributed by atoms with van der Waals surface area (Å²) >= 11 is 0. The van der Waals surface area contributed by atoms with Gasteiger partial charge in [-0.3, -0.25) is 0 Å². The van der Waals surface area contributed by atoms with Gasteiger partial charge in [0, 0.05) is 39.2 Å². The molecule has 3 heteroatoms. The van der Waals surface area contributed by atoms with E-state index in [0.29, 0.717) is 0 Å². The minimum absolute atomic E-state index is 0.0949. The maximum absolute atomic E-state index is 6.33. The van der Waals surface area contributed by atoms with Crippen LogP contribution in [0.15, 0.2) is 174 Å². The highest BCUT2D eigenvalue weighted by Crippen LogP contribution is 2.51. The molecule has 8 aromatic rings. The SMILES string of the molecule is CC1(C)c2ccccc2-c2ccc(N(c3ccccc3)c3cccc(N(c4ccccc4)c4cccc5oc6ccccc6c45)c3)cc21. The molecule has 0 radical (unpaired) electrons. The highest BCUT2D eigenvalue weighted by Gasteiger charge is 2.35. The van der Waals surface area contributed by atoms with Crippen molar-refractivity contribution in [3.05, 3.63) is 181 Å². The summed E-state index contributed by atoms with van der Waals surface area (Å²) in [5.74, 6) is 0. The molecule has 1 heterocycles. The van der Waals surface area contributed by atoms with Crippen LogP contribution in [0.1, 0.15) is 25.0 Å². The molecule has 7 aromatic carbocycles. The smallest absolute Gasteiger partial charge is 0.137 e. The molecular formula is C45H34N2O. The van der Waals surface area contributed by atoms with Gasteiger partial charge in [0.1, 0.15) is 11.2 Å². The normalized spacial score (nSPS) is 13.0. The quantitative estimate of drug-likeness (QED) is 0.185. The third-order valence-corrected chi connectivity index (χ3v) is 9.82. The maximum atomic E-state index is 6.33. The molecule has 9 rings (SSSR count). The number of rotatable bonds is 6. The molecule has 1 aromatic heterocycles. The van der Waals surface area contributed by atoms with Crippen LogP contribution in [0.5, 0.6) is 0 Å². The first kappa shape index (κ1) is 28.2. The zero-order valence-corrected chi connectivity index (χ0v) is 27.0. The molecule has 0 N–H and O–H groups in total. The number of para-hydroxylation sites is 3. The molecule has 1 aliphatic rings. The summed E-state index contributed by atoms with van der Waals surface area (Å²) in [4.78, 5) is 4.72. The van der Waals surface area contributed by atoms with Crippen LogP contribution in [0.2, 0.25) is 0 Å². The van der Waals surface area contributed by atoms with E-state index in [0.717, 1.165) is 56.1 Å². The molecule has 0 spiro atoms. The third-order valence-electron chi connectivity index (χ3n) is 9.82. The Labute approximate surface area is 280 Å². The molecule has 0 unspecified atom stereocenters. The van der Waals surface area contributed by atoms with E-state index in [1.54, 1.807) is 0 Å². The standard InChI is InChI=1S/C45H34N2O/c1-45(2)39-23-11-9-21-36(39)37-28-27-35(30-40(37)45)46(31-15-5-3-6-16-31)33-19-13-20-34(29-33)47(32-17-7-4-8-18-32)41-24-14-26-43-44(41)38-22-10-12-25-42(38)48-43/h3-30H,1-2H3. The number of nitrogens with zero attached hydrogens (tertiary/aromatic N) is 2. The van der Waals surface area contributed by atoms with Gasteiger partial charge in [0.05, 0.1) is 11.1 Å². The predicted molar refractivity (Wildman–Crippen MR) is 201 cm³/mol. The van der Waals surface area contributed by atoms with Crippen molar-refractivity contribution in [3.63, 3.8) is 0 Å². The zero-order chi connectivity index (χ0) is 32.2. The topological polar surface area (TPSA) is 19.6 Å². The Kier molecular flexibility index (Phi) is 6.48. The summed E-state index contributed by atoms with van der Waals surface area (Å²) < 4.78 is 6.33. The molecule has 1 aliphatic carbocycles. The molecule has 3 nitrogen and oxygen atoms in total. The molecule has 0 aliphatic heterocycles. The van der Waals surface area contributed by atoms with Crippen molar-refractivity contribution in [2.45, 2.75) is 19.3 Å². The summed E-state index contributed by atoms with van der Waals surface area (Å²) in [6.07, 6.45) is 0. The largest absolute Gasteiger partial charge is 0.456 e. The van der Waals surface area contributed by atoms with Gasteiger partial charge in [0.2, 0.25) is 0 Å². The van der Waals surface area contributed by atoms with Crippen LogP contribution < -0.4 is 9.80 Å². The van der Waals surface area contributed by atoms with Crippen molar-refractivity contribution in [1.82, 2.24) is 0 Å². The lowest BCUT2D eigenvalue weighted by atomic mass is 9.82. The fourth-order valence-corrected chi connectivity index (χ4v) is 7.57. The fourth-order valence-electron chi connectivity index (χ4n) is 7.57. The Bertz CT molecular complexity index is 2440. The average Bonchev–Trinajstić information content (AvgIpc) is 3.62. The molecule has 0 amide bonds. The van der Waals surface area contributed by atoms with E-state index in [-0.39, 0.29) is 5.41 Å². The second-order valence-electron chi connectivity index (χ2n) is 13.0. The number of furan rings is 1. The number of hydrogen-bond acceptors (Lipinski definition) is 3. The van der Waals surface area contributed by atoms with Crippen molar-refractivity contribution in [2.75, 3.05) is 9.80 Å². The number of fused-ring (bicyclic) bond motifs is 6. The lowest BCUT2D eigenvalue weighted by Gasteiger charge is -2.30. The number of anilines is 6. The lowest BCUT2D eigenvalue weighted by molar-refractivity contribution is 0.660. The summed E-state index contributed by atoms with van der Waals surface area (Å²) in [6, 6.07) is 60.6. The number of hydrogen-bond donors (Lipinski definition) is 0. The van der Waals surface area contributed by atoms with Gasteiger partial charge in [-0.1, -0.05) is 111 Å². The minimum Gasteiger partial charge on any atom is -0.456 e. The van der Waals surface area contributed by atoms with Gasteiger partial charge in [0.25, 0.3) is 0 Å². The predicted octanol–water partition coefficient (Wildman–Crippen LogP) is 12.8. The van der Waals surface area contributed by atoms with Gasteiger partial charge in [-0.25, -0.2) is 0 Å². The van der Waals surface area contributed by atoms with Crippen LogP contribution in [-0.2, 0) is 5.41 Å². The van der Waals surface area contributed by atoms with Gasteiger partial charge in [-0.05, 0) is 95.1 Å². The molecule has 0 bridgehead atoms. The second-order valence-corrected chi connectivity index (χ2v) is 13.0. The van der Waals surface area contributed by atoms with Crippen LogP contribution in [0, 0.1) is 0 Å². The Morgan fingerprint density at radius 2 is 0.979 bits per heavy atom. The van der Waals surface area contributed by atoms with Gasteiger partial charge >= 0.3 is 0 Å². The average molecular weight is 619 g/mol. The Morgan fingerprint density at radius 1 is 0.417 bits per heavy atom. The summed E-state index contributed by atoms with van der Waals surface area (Å²) in [6.45, 7) is 4.68. The Morgan fingerprint density at radius 3 is 1.77 bits per heavy atom. The van der Waals surface area contributed by atoms with Crippen LogP contribution in [0.3, 0.4) is 0 Å². The Hall–Kier alpha value is -6.06. The minimum atomic E-state index is -0.0949. The van der Waals surface area contributed by atoms with Crippen molar-refractivity contribution in [2.24, 2.45) is 0 Å². The lowest BCUT2D eigenvalue weighted by Crippen LogP contribution is -2.17.